The van der Waals surface area contributed by atoms with Crippen molar-refractivity contribution in [3.8, 4) is 0 Å². The highest BCUT2D eigenvalue weighted by Crippen LogP contribution is 2.37. The van der Waals surface area contributed by atoms with Crippen LogP contribution in [-0.2, 0) is 14.8 Å². The maximum atomic E-state index is 13.0. The first-order valence-electron chi connectivity index (χ1n) is 6.30. The van der Waals surface area contributed by atoms with Gasteiger partial charge in [0.2, 0.25) is 10.0 Å². The average molecular weight is 318 g/mol. The lowest BCUT2D eigenvalue weighted by atomic mass is 10.1. The molecule has 1 heterocycles. The number of alkyl halides is 3. The molecule has 0 saturated carbocycles. The molecule has 120 valence electrons. The Bertz CT molecular complexity index is 412. The summed E-state index contributed by atoms with van der Waals surface area (Å²) in [7, 11) is 0.104. The second-order valence-corrected chi connectivity index (χ2v) is 7.49. The van der Waals surface area contributed by atoms with Crippen LogP contribution in [0.4, 0.5) is 13.2 Å². The molecule has 1 aliphatic heterocycles. The number of methoxy groups -OCH3 is 1. The summed E-state index contributed by atoms with van der Waals surface area (Å²) in [6.07, 6.45) is -3.93. The quantitative estimate of drug-likeness (QED) is 0.679. The topological polar surface area (TPSA) is 49.9 Å². The van der Waals surface area contributed by atoms with E-state index in [1.54, 1.807) is 4.90 Å². The molecule has 20 heavy (non-hydrogen) atoms. The maximum absolute atomic E-state index is 13.0. The molecule has 0 amide bonds. The monoisotopic (exact) mass is 318 g/mol. The third-order valence-corrected chi connectivity index (χ3v) is 5.74. The molecule has 0 aromatic heterocycles. The number of ether oxygens (including phenoxy) is 1. The van der Waals surface area contributed by atoms with E-state index in [0.717, 1.165) is 4.31 Å². The molecule has 9 heteroatoms. The van der Waals surface area contributed by atoms with Gasteiger partial charge in [0.05, 0.1) is 5.92 Å². The Kier molecular flexibility index (Phi) is 5.82. The number of hydrogen-bond acceptors (Lipinski definition) is 4. The normalized spacial score (nSPS) is 25.6. The van der Waals surface area contributed by atoms with E-state index in [1.807, 2.05) is 0 Å². The van der Waals surface area contributed by atoms with E-state index in [-0.39, 0.29) is 13.1 Å². The van der Waals surface area contributed by atoms with Crippen molar-refractivity contribution < 1.29 is 26.3 Å². The Morgan fingerprint density at radius 2 is 1.90 bits per heavy atom. The van der Waals surface area contributed by atoms with Crippen molar-refractivity contribution in [2.75, 3.05) is 47.4 Å². The van der Waals surface area contributed by atoms with E-state index in [4.69, 9.17) is 4.74 Å². The maximum Gasteiger partial charge on any atom is 0.394 e. The van der Waals surface area contributed by atoms with E-state index in [1.165, 1.54) is 21.2 Å². The number of rotatable bonds is 6. The van der Waals surface area contributed by atoms with Gasteiger partial charge in [0.15, 0.2) is 0 Å². The number of halogens is 3. The van der Waals surface area contributed by atoms with Gasteiger partial charge in [-0.3, -0.25) is 0 Å². The molecule has 5 nitrogen and oxygen atoms in total. The molecular formula is C11H21F3N2O3S. The van der Waals surface area contributed by atoms with Crippen molar-refractivity contribution in [1.82, 2.24) is 9.21 Å². The van der Waals surface area contributed by atoms with Gasteiger partial charge in [-0.15, -0.1) is 0 Å². The minimum atomic E-state index is -4.51. The number of likely N-dealkylation sites (tertiary alicyclic amines) is 1. The van der Waals surface area contributed by atoms with E-state index in [9.17, 15) is 21.6 Å². The van der Waals surface area contributed by atoms with Gasteiger partial charge in [-0.1, -0.05) is 0 Å². The standard InChI is InChI=1S/C11H21F3N2O3S/c1-15(2)20(17,18)10-8-16(5-4-6-19-3)7-9(10)11(12,13)14/h9-10H,4-8H2,1-3H3/t9-,10-/m0/s1. The molecule has 0 spiro atoms. The van der Waals surface area contributed by atoms with Gasteiger partial charge >= 0.3 is 6.18 Å². The number of hydrogen-bond donors (Lipinski definition) is 0. The first-order valence-corrected chi connectivity index (χ1v) is 7.80. The van der Waals surface area contributed by atoms with Crippen molar-refractivity contribution in [1.29, 1.82) is 0 Å². The van der Waals surface area contributed by atoms with Crippen LogP contribution in [0.5, 0.6) is 0 Å². The van der Waals surface area contributed by atoms with Crippen molar-refractivity contribution in [2.24, 2.45) is 5.92 Å². The minimum absolute atomic E-state index is 0.0889. The minimum Gasteiger partial charge on any atom is -0.385 e. The number of sulfonamides is 1. The predicted octanol–water partition coefficient (Wildman–Crippen LogP) is 0.777. The van der Waals surface area contributed by atoms with Crippen LogP contribution < -0.4 is 0 Å². The highest BCUT2D eigenvalue weighted by molar-refractivity contribution is 7.89. The fourth-order valence-corrected chi connectivity index (χ4v) is 3.95. The first kappa shape index (κ1) is 17.7. The van der Waals surface area contributed by atoms with Crippen LogP contribution in [0.3, 0.4) is 0 Å². The van der Waals surface area contributed by atoms with Crippen LogP contribution in [0.1, 0.15) is 6.42 Å². The predicted molar refractivity (Wildman–Crippen MR) is 68.9 cm³/mol. The third kappa shape index (κ3) is 4.06. The van der Waals surface area contributed by atoms with Gasteiger partial charge < -0.3 is 9.64 Å². The summed E-state index contributed by atoms with van der Waals surface area (Å²) in [6, 6.07) is 0. The van der Waals surface area contributed by atoms with Crippen molar-refractivity contribution in [3.05, 3.63) is 0 Å². The summed E-state index contributed by atoms with van der Waals surface area (Å²) in [5.41, 5.74) is 0. The molecule has 2 atom stereocenters. The van der Waals surface area contributed by atoms with Gasteiger partial charge in [0.25, 0.3) is 0 Å². The summed E-state index contributed by atoms with van der Waals surface area (Å²) in [6.45, 7) is 0.484. The molecule has 1 rings (SSSR count). The zero-order valence-corrected chi connectivity index (χ0v) is 12.7. The van der Waals surface area contributed by atoms with Gasteiger partial charge in [-0.2, -0.15) is 13.2 Å². The fraction of sp³-hybridized carbons (Fsp3) is 1.00. The lowest BCUT2D eigenvalue weighted by molar-refractivity contribution is -0.169. The first-order chi connectivity index (χ1) is 9.10. The lowest BCUT2D eigenvalue weighted by Crippen LogP contribution is -2.43. The summed E-state index contributed by atoms with van der Waals surface area (Å²) in [4.78, 5) is 1.54. The zero-order chi connectivity index (χ0) is 15.6. The van der Waals surface area contributed by atoms with Crippen LogP contribution in [0.25, 0.3) is 0 Å². The Balaban J connectivity index is 2.85. The zero-order valence-electron chi connectivity index (χ0n) is 11.9. The van der Waals surface area contributed by atoms with E-state index >= 15 is 0 Å². The second-order valence-electron chi connectivity index (χ2n) is 5.12. The SMILES string of the molecule is COCCCN1C[C@H](C(F)(F)F)[C@@H](S(=O)(=O)N(C)C)C1. The van der Waals surface area contributed by atoms with E-state index in [2.05, 4.69) is 0 Å². The molecule has 1 fully saturated rings. The highest BCUT2D eigenvalue weighted by atomic mass is 32.2. The molecule has 0 N–H and O–H groups in total. The molecule has 0 aromatic carbocycles. The van der Waals surface area contributed by atoms with Crippen LogP contribution in [0, 0.1) is 5.92 Å². The molecule has 0 unspecified atom stereocenters. The Hall–Kier alpha value is -0.380. The molecule has 0 bridgehead atoms. The van der Waals surface area contributed by atoms with Gasteiger partial charge in [0, 0.05) is 47.4 Å². The fourth-order valence-electron chi connectivity index (χ4n) is 2.35. The Morgan fingerprint density at radius 1 is 1.30 bits per heavy atom. The van der Waals surface area contributed by atoms with Crippen LogP contribution in [0.15, 0.2) is 0 Å². The molecule has 0 aliphatic carbocycles. The van der Waals surface area contributed by atoms with Crippen LogP contribution >= 0.6 is 0 Å². The summed E-state index contributed by atoms with van der Waals surface area (Å²) >= 11 is 0. The highest BCUT2D eigenvalue weighted by Gasteiger charge is 2.54. The van der Waals surface area contributed by atoms with Crippen molar-refractivity contribution in [2.45, 2.75) is 17.8 Å². The smallest absolute Gasteiger partial charge is 0.385 e. The second kappa shape index (κ2) is 6.59. The molecule has 1 aliphatic rings. The summed E-state index contributed by atoms with van der Waals surface area (Å²) in [5, 5.41) is -1.43. The molecule has 0 radical (unpaired) electrons. The Labute approximate surface area is 117 Å². The largest absolute Gasteiger partial charge is 0.394 e. The van der Waals surface area contributed by atoms with Crippen molar-refractivity contribution >= 4 is 10.0 Å². The molecule has 0 aromatic rings. The van der Waals surface area contributed by atoms with E-state index < -0.39 is 27.4 Å². The Morgan fingerprint density at radius 3 is 2.35 bits per heavy atom. The van der Waals surface area contributed by atoms with E-state index in [0.29, 0.717) is 19.6 Å². The van der Waals surface area contributed by atoms with Crippen LogP contribution in [-0.4, -0.2) is 76.5 Å². The summed E-state index contributed by atoms with van der Waals surface area (Å²) in [5.74, 6) is -1.84. The number of nitrogens with zero attached hydrogens (tertiary/aromatic N) is 2. The van der Waals surface area contributed by atoms with Crippen molar-refractivity contribution in [3.63, 3.8) is 0 Å². The molecular weight excluding hydrogens is 297 g/mol. The third-order valence-electron chi connectivity index (χ3n) is 3.48. The lowest BCUT2D eigenvalue weighted by Gasteiger charge is -2.24. The van der Waals surface area contributed by atoms with Gasteiger partial charge in [0.1, 0.15) is 5.25 Å². The van der Waals surface area contributed by atoms with Gasteiger partial charge in [-0.25, -0.2) is 12.7 Å². The molecule has 1 saturated heterocycles. The summed E-state index contributed by atoms with van der Waals surface area (Å²) < 4.78 is 68.9. The average Bonchev–Trinajstić information content (AvgIpc) is 2.73. The van der Waals surface area contributed by atoms with Gasteiger partial charge in [-0.05, 0) is 6.42 Å². The van der Waals surface area contributed by atoms with Crippen LogP contribution in [0.2, 0.25) is 0 Å².